The highest BCUT2D eigenvalue weighted by molar-refractivity contribution is 6.33. The number of hydrogen-bond acceptors (Lipinski definition) is 5. The number of carbonyl (C=O) groups is 1. The van der Waals surface area contributed by atoms with Gasteiger partial charge < -0.3 is 20.1 Å². The lowest BCUT2D eigenvalue weighted by Crippen LogP contribution is -2.46. The molecule has 1 aromatic carbocycles. The Labute approximate surface area is 205 Å². The van der Waals surface area contributed by atoms with Gasteiger partial charge in [0.05, 0.1) is 16.9 Å². The van der Waals surface area contributed by atoms with E-state index in [1.54, 1.807) is 6.20 Å². The molecule has 2 fully saturated rings. The lowest BCUT2D eigenvalue weighted by atomic mass is 9.94. The Morgan fingerprint density at radius 3 is 2.88 bits per heavy atom. The first-order chi connectivity index (χ1) is 16.6. The number of aromatic amines is 1. The van der Waals surface area contributed by atoms with Gasteiger partial charge in [-0.2, -0.15) is 0 Å². The summed E-state index contributed by atoms with van der Waals surface area (Å²) in [5.41, 5.74) is 2.78. The van der Waals surface area contributed by atoms with Crippen LogP contribution in [0.25, 0.3) is 22.2 Å². The molecule has 178 valence electrons. The molecule has 7 nitrogen and oxygen atoms in total. The third kappa shape index (κ3) is 4.95. The van der Waals surface area contributed by atoms with Gasteiger partial charge in [-0.3, -0.25) is 4.79 Å². The molecule has 0 spiro atoms. The van der Waals surface area contributed by atoms with E-state index in [2.05, 4.69) is 32.8 Å². The third-order valence-electron chi connectivity index (χ3n) is 7.04. The van der Waals surface area contributed by atoms with Gasteiger partial charge in [-0.05, 0) is 50.3 Å². The summed E-state index contributed by atoms with van der Waals surface area (Å²) >= 11 is 6.50. The molecule has 1 atom stereocenters. The summed E-state index contributed by atoms with van der Waals surface area (Å²) in [6.07, 6.45) is 9.42. The highest BCUT2D eigenvalue weighted by Crippen LogP contribution is 2.32. The van der Waals surface area contributed by atoms with Crippen LogP contribution in [-0.2, 0) is 4.79 Å². The van der Waals surface area contributed by atoms with Gasteiger partial charge >= 0.3 is 0 Å². The van der Waals surface area contributed by atoms with Gasteiger partial charge in [0.15, 0.2) is 0 Å². The number of amides is 1. The third-order valence-corrected chi connectivity index (χ3v) is 7.32. The number of likely N-dealkylation sites (tertiary alicyclic amines) is 2. The number of halogens is 1. The van der Waals surface area contributed by atoms with Crippen LogP contribution in [-0.4, -0.2) is 69.4 Å². The lowest BCUT2D eigenvalue weighted by molar-refractivity contribution is -0.127. The molecule has 0 aliphatic carbocycles. The molecule has 0 unspecified atom stereocenters. The second kappa shape index (κ2) is 10.2. The number of anilines is 1. The number of piperidine rings is 2. The van der Waals surface area contributed by atoms with Crippen molar-refractivity contribution < 1.29 is 4.79 Å². The number of H-pyrrole nitrogens is 1. The van der Waals surface area contributed by atoms with Gasteiger partial charge in [-0.15, -0.1) is 0 Å². The van der Waals surface area contributed by atoms with E-state index >= 15 is 0 Å². The zero-order valence-corrected chi connectivity index (χ0v) is 20.1. The second-order valence-electron chi connectivity index (χ2n) is 9.35. The molecule has 0 bridgehead atoms. The fourth-order valence-electron chi connectivity index (χ4n) is 5.24. The maximum atomic E-state index is 11.8. The first kappa shape index (κ1) is 22.9. The molecule has 0 radical (unpaired) electrons. The summed E-state index contributed by atoms with van der Waals surface area (Å²) in [7, 11) is 0. The molecule has 2 aromatic heterocycles. The van der Waals surface area contributed by atoms with Crippen LogP contribution in [0.1, 0.15) is 25.7 Å². The maximum absolute atomic E-state index is 11.8. The van der Waals surface area contributed by atoms with E-state index in [-0.39, 0.29) is 5.91 Å². The fourth-order valence-corrected chi connectivity index (χ4v) is 5.44. The largest absolute Gasteiger partial charge is 0.360 e. The minimum atomic E-state index is 0.0515. The number of rotatable bonds is 6. The average molecular weight is 479 g/mol. The Morgan fingerprint density at radius 2 is 2.06 bits per heavy atom. The van der Waals surface area contributed by atoms with E-state index in [0.29, 0.717) is 22.9 Å². The SMILES string of the molecule is C=CC(=O)N1CCC(CN2CCC[C@@H](Nc3ncc(Cl)c(-c4c[nH]c5ccccc45)n3)C2)CC1. The zero-order valence-electron chi connectivity index (χ0n) is 19.3. The maximum Gasteiger partial charge on any atom is 0.245 e. The fraction of sp³-hybridized carbons (Fsp3) is 0.423. The average Bonchev–Trinajstić information content (AvgIpc) is 3.29. The van der Waals surface area contributed by atoms with Gasteiger partial charge in [0.2, 0.25) is 11.9 Å². The van der Waals surface area contributed by atoms with Crippen LogP contribution >= 0.6 is 11.6 Å². The van der Waals surface area contributed by atoms with Crippen LogP contribution in [0, 0.1) is 5.92 Å². The molecule has 2 N–H and O–H groups in total. The Morgan fingerprint density at radius 1 is 1.24 bits per heavy atom. The van der Waals surface area contributed by atoms with E-state index in [4.69, 9.17) is 16.6 Å². The first-order valence-electron chi connectivity index (χ1n) is 12.1. The summed E-state index contributed by atoms with van der Waals surface area (Å²) in [6.45, 7) is 8.44. The van der Waals surface area contributed by atoms with Crippen molar-refractivity contribution >= 4 is 34.4 Å². The Hall–Kier alpha value is -2.90. The minimum Gasteiger partial charge on any atom is -0.360 e. The van der Waals surface area contributed by atoms with Gasteiger partial charge in [0.1, 0.15) is 0 Å². The molecule has 5 rings (SSSR count). The molecule has 2 saturated heterocycles. The topological polar surface area (TPSA) is 77.2 Å². The highest BCUT2D eigenvalue weighted by Gasteiger charge is 2.26. The van der Waals surface area contributed by atoms with E-state index in [9.17, 15) is 4.79 Å². The van der Waals surface area contributed by atoms with Gasteiger partial charge in [-0.1, -0.05) is 36.4 Å². The van der Waals surface area contributed by atoms with Crippen molar-refractivity contribution in [3.05, 3.63) is 54.3 Å². The number of hydrogen-bond donors (Lipinski definition) is 2. The monoisotopic (exact) mass is 478 g/mol. The van der Waals surface area contributed by atoms with Crippen LogP contribution in [0.15, 0.2) is 49.3 Å². The van der Waals surface area contributed by atoms with Crippen LogP contribution in [0.3, 0.4) is 0 Å². The molecule has 4 heterocycles. The van der Waals surface area contributed by atoms with Crippen LogP contribution in [0.5, 0.6) is 0 Å². The number of nitrogens with zero attached hydrogens (tertiary/aromatic N) is 4. The first-order valence-corrected chi connectivity index (χ1v) is 12.5. The van der Waals surface area contributed by atoms with Crippen molar-refractivity contribution in [1.82, 2.24) is 24.8 Å². The van der Waals surface area contributed by atoms with Crippen molar-refractivity contribution in [2.75, 3.05) is 38.0 Å². The summed E-state index contributed by atoms with van der Waals surface area (Å²) in [5.74, 6) is 1.30. The van der Waals surface area contributed by atoms with Gasteiger partial charge in [0.25, 0.3) is 0 Å². The van der Waals surface area contributed by atoms with Crippen molar-refractivity contribution in [1.29, 1.82) is 0 Å². The summed E-state index contributed by atoms with van der Waals surface area (Å²) in [6, 6.07) is 8.45. The number of aromatic nitrogens is 3. The molecule has 8 heteroatoms. The zero-order chi connectivity index (χ0) is 23.5. The van der Waals surface area contributed by atoms with Gasteiger partial charge in [-0.25, -0.2) is 9.97 Å². The molecular formula is C26H31ClN6O. The number of fused-ring (bicyclic) bond motifs is 1. The van der Waals surface area contributed by atoms with E-state index < -0.39 is 0 Å². The molecule has 3 aromatic rings. The summed E-state index contributed by atoms with van der Waals surface area (Å²) in [5, 5.41) is 5.20. The smallest absolute Gasteiger partial charge is 0.245 e. The lowest BCUT2D eigenvalue weighted by Gasteiger charge is -2.38. The van der Waals surface area contributed by atoms with Crippen LogP contribution in [0.2, 0.25) is 5.02 Å². The normalized spacial score (nSPS) is 19.9. The summed E-state index contributed by atoms with van der Waals surface area (Å²) in [4.78, 5) is 28.9. The Kier molecular flexibility index (Phi) is 6.83. The molecular weight excluding hydrogens is 448 g/mol. The van der Waals surface area contributed by atoms with Crippen molar-refractivity contribution in [2.24, 2.45) is 5.92 Å². The molecule has 0 saturated carbocycles. The molecule has 2 aliphatic heterocycles. The predicted octanol–water partition coefficient (Wildman–Crippen LogP) is 4.58. The number of nitrogens with one attached hydrogen (secondary N) is 2. The van der Waals surface area contributed by atoms with Crippen LogP contribution in [0.4, 0.5) is 5.95 Å². The Bertz CT molecular complexity index is 1170. The molecule has 34 heavy (non-hydrogen) atoms. The predicted molar refractivity (Wildman–Crippen MR) is 137 cm³/mol. The van der Waals surface area contributed by atoms with E-state index in [0.717, 1.165) is 80.6 Å². The van der Waals surface area contributed by atoms with E-state index in [1.807, 2.05) is 29.3 Å². The highest BCUT2D eigenvalue weighted by atomic mass is 35.5. The number of carbonyl (C=O) groups excluding carboxylic acids is 1. The van der Waals surface area contributed by atoms with Crippen molar-refractivity contribution in [3.8, 4) is 11.3 Å². The minimum absolute atomic E-state index is 0.0515. The van der Waals surface area contributed by atoms with Crippen LogP contribution < -0.4 is 5.32 Å². The van der Waals surface area contributed by atoms with Gasteiger partial charge in [0, 0.05) is 54.9 Å². The summed E-state index contributed by atoms with van der Waals surface area (Å²) < 4.78 is 0. The van der Waals surface area contributed by atoms with Crippen molar-refractivity contribution in [2.45, 2.75) is 31.7 Å². The molecule has 1 amide bonds. The number of para-hydroxylation sites is 1. The quantitative estimate of drug-likeness (QED) is 0.507. The Balaban J connectivity index is 1.22. The van der Waals surface area contributed by atoms with Crippen molar-refractivity contribution in [3.63, 3.8) is 0 Å². The van der Waals surface area contributed by atoms with E-state index in [1.165, 1.54) is 6.08 Å². The second-order valence-corrected chi connectivity index (χ2v) is 9.76. The molecule has 2 aliphatic rings. The standard InChI is InChI=1S/C26H31ClN6O/c1-2-24(34)33-12-9-18(10-13-33)16-32-11-5-6-19(17-32)30-26-29-15-22(27)25(31-26)21-14-28-23-8-4-3-7-20(21)23/h2-4,7-8,14-15,18-19,28H,1,5-6,9-13,16-17H2,(H,29,30,31)/t19-/m1/s1. The number of benzene rings is 1.